The van der Waals surface area contributed by atoms with E-state index in [1.807, 2.05) is 0 Å². The van der Waals surface area contributed by atoms with Crippen molar-refractivity contribution < 1.29 is 0 Å². The van der Waals surface area contributed by atoms with E-state index in [1.165, 1.54) is 51.7 Å². The van der Waals surface area contributed by atoms with Gasteiger partial charge in [-0.25, -0.2) is 0 Å². The van der Waals surface area contributed by atoms with Crippen molar-refractivity contribution in [2.45, 2.75) is 58.0 Å². The molecule has 0 aromatic rings. The van der Waals surface area contributed by atoms with E-state index in [0.29, 0.717) is 0 Å². The van der Waals surface area contributed by atoms with Gasteiger partial charge < -0.3 is 5.32 Å². The topological polar surface area (TPSA) is 15.3 Å². The lowest BCUT2D eigenvalue weighted by atomic mass is 10.1. The highest BCUT2D eigenvalue weighted by molar-refractivity contribution is 4.79. The van der Waals surface area contributed by atoms with Gasteiger partial charge in [-0.3, -0.25) is 4.90 Å². The molecule has 2 atom stereocenters. The summed E-state index contributed by atoms with van der Waals surface area (Å²) >= 11 is 0. The summed E-state index contributed by atoms with van der Waals surface area (Å²) < 4.78 is 0. The molecule has 2 heteroatoms. The molecule has 2 rings (SSSR count). The highest BCUT2D eigenvalue weighted by Crippen LogP contribution is 2.33. The first-order valence-electron chi connectivity index (χ1n) is 6.73. The maximum atomic E-state index is 3.66. The van der Waals surface area contributed by atoms with Gasteiger partial charge in [-0.15, -0.1) is 0 Å². The van der Waals surface area contributed by atoms with Gasteiger partial charge in [0.1, 0.15) is 0 Å². The van der Waals surface area contributed by atoms with Gasteiger partial charge in [0.05, 0.1) is 0 Å². The van der Waals surface area contributed by atoms with Crippen LogP contribution in [0.1, 0.15) is 46.0 Å². The van der Waals surface area contributed by atoms with Crippen LogP contribution in [0.5, 0.6) is 0 Å². The van der Waals surface area contributed by atoms with Gasteiger partial charge in [0, 0.05) is 25.2 Å². The summed E-state index contributed by atoms with van der Waals surface area (Å²) in [6, 6.07) is 1.56. The fourth-order valence-corrected chi connectivity index (χ4v) is 2.72. The maximum Gasteiger partial charge on any atom is 0.0110 e. The molecule has 1 saturated heterocycles. The molecule has 0 bridgehead atoms. The van der Waals surface area contributed by atoms with E-state index in [9.17, 15) is 0 Å². The van der Waals surface area contributed by atoms with Crippen molar-refractivity contribution >= 4 is 0 Å². The molecule has 1 saturated carbocycles. The Morgan fingerprint density at radius 3 is 2.73 bits per heavy atom. The van der Waals surface area contributed by atoms with Crippen LogP contribution in [-0.4, -0.2) is 36.6 Å². The average Bonchev–Trinajstić information content (AvgIpc) is 2.91. The summed E-state index contributed by atoms with van der Waals surface area (Å²) in [5.74, 6) is 1.05. The normalized spacial score (nSPS) is 29.6. The van der Waals surface area contributed by atoms with Crippen LogP contribution < -0.4 is 5.32 Å². The number of hydrogen-bond donors (Lipinski definition) is 1. The summed E-state index contributed by atoms with van der Waals surface area (Å²) in [7, 11) is 0. The molecule has 15 heavy (non-hydrogen) atoms. The Hall–Kier alpha value is -0.0800. The van der Waals surface area contributed by atoms with Gasteiger partial charge >= 0.3 is 0 Å². The fourth-order valence-electron chi connectivity index (χ4n) is 2.72. The summed E-state index contributed by atoms with van der Waals surface area (Å²) in [6.07, 6.45) is 7.16. The van der Waals surface area contributed by atoms with Crippen molar-refractivity contribution in [3.05, 3.63) is 0 Å². The fraction of sp³-hybridized carbons (Fsp3) is 1.00. The lowest BCUT2D eigenvalue weighted by molar-refractivity contribution is 0.263. The van der Waals surface area contributed by atoms with Gasteiger partial charge in [0.15, 0.2) is 0 Å². The predicted octanol–water partition coefficient (Wildman–Crippen LogP) is 2.25. The molecule has 1 aliphatic carbocycles. The Balaban J connectivity index is 1.53. The average molecular weight is 210 g/mol. The molecule has 0 radical (unpaired) electrons. The molecule has 1 aliphatic heterocycles. The van der Waals surface area contributed by atoms with Gasteiger partial charge in [-0.05, 0) is 45.6 Å². The van der Waals surface area contributed by atoms with E-state index in [4.69, 9.17) is 0 Å². The van der Waals surface area contributed by atoms with E-state index >= 15 is 0 Å². The second-order valence-corrected chi connectivity index (χ2v) is 5.56. The maximum absolute atomic E-state index is 3.66. The monoisotopic (exact) mass is 210 g/mol. The van der Waals surface area contributed by atoms with Crippen molar-refractivity contribution in [3.8, 4) is 0 Å². The Morgan fingerprint density at radius 1 is 1.33 bits per heavy atom. The molecular weight excluding hydrogens is 184 g/mol. The number of nitrogens with one attached hydrogen (secondary N) is 1. The van der Waals surface area contributed by atoms with Gasteiger partial charge in [-0.2, -0.15) is 0 Å². The molecule has 0 aromatic heterocycles. The second-order valence-electron chi connectivity index (χ2n) is 5.56. The molecular formula is C13H26N2. The molecule has 88 valence electrons. The molecule has 2 fully saturated rings. The zero-order chi connectivity index (χ0) is 10.7. The quantitative estimate of drug-likeness (QED) is 0.723. The highest BCUT2D eigenvalue weighted by Gasteiger charge is 2.23. The van der Waals surface area contributed by atoms with Gasteiger partial charge in [-0.1, -0.05) is 12.8 Å². The standard InChI is InChI=1S/C13H26N2/c1-11(10-13-5-6-13)14-7-9-15-8-3-4-12(15)2/h11-14H,3-10H2,1-2H3. The Labute approximate surface area is 94.4 Å². The first-order chi connectivity index (χ1) is 7.25. The highest BCUT2D eigenvalue weighted by atomic mass is 15.2. The zero-order valence-electron chi connectivity index (χ0n) is 10.3. The van der Waals surface area contributed by atoms with E-state index in [1.54, 1.807) is 0 Å². The van der Waals surface area contributed by atoms with E-state index in [2.05, 4.69) is 24.1 Å². The lowest BCUT2D eigenvalue weighted by Crippen LogP contribution is -2.37. The van der Waals surface area contributed by atoms with Crippen molar-refractivity contribution in [1.82, 2.24) is 10.2 Å². The Bertz CT molecular complexity index is 189. The molecule has 0 spiro atoms. The molecule has 2 unspecified atom stereocenters. The van der Waals surface area contributed by atoms with Crippen LogP contribution in [0.3, 0.4) is 0 Å². The van der Waals surface area contributed by atoms with Crippen LogP contribution in [0.2, 0.25) is 0 Å². The number of nitrogens with zero attached hydrogens (tertiary/aromatic N) is 1. The second kappa shape index (κ2) is 5.31. The molecule has 0 aromatic carbocycles. The molecule has 2 aliphatic rings. The third-order valence-corrected chi connectivity index (χ3v) is 3.97. The first kappa shape index (κ1) is 11.4. The minimum absolute atomic E-state index is 0.732. The smallest absolute Gasteiger partial charge is 0.0110 e. The van der Waals surface area contributed by atoms with E-state index in [-0.39, 0.29) is 0 Å². The van der Waals surface area contributed by atoms with Crippen LogP contribution in [0, 0.1) is 5.92 Å². The summed E-state index contributed by atoms with van der Waals surface area (Å²) in [6.45, 7) is 8.45. The van der Waals surface area contributed by atoms with Crippen molar-refractivity contribution in [2.75, 3.05) is 19.6 Å². The van der Waals surface area contributed by atoms with Gasteiger partial charge in [0.25, 0.3) is 0 Å². The Kier molecular flexibility index (Phi) is 4.04. The first-order valence-corrected chi connectivity index (χ1v) is 6.73. The summed E-state index contributed by atoms with van der Waals surface area (Å²) in [5, 5.41) is 3.66. The van der Waals surface area contributed by atoms with Crippen LogP contribution in [-0.2, 0) is 0 Å². The molecule has 0 amide bonds. The van der Waals surface area contributed by atoms with Gasteiger partial charge in [0.2, 0.25) is 0 Å². The van der Waals surface area contributed by atoms with Crippen LogP contribution in [0.25, 0.3) is 0 Å². The lowest BCUT2D eigenvalue weighted by Gasteiger charge is -2.22. The summed E-state index contributed by atoms with van der Waals surface area (Å²) in [4.78, 5) is 2.62. The number of hydrogen-bond acceptors (Lipinski definition) is 2. The third-order valence-electron chi connectivity index (χ3n) is 3.97. The number of rotatable bonds is 6. The van der Waals surface area contributed by atoms with Crippen LogP contribution >= 0.6 is 0 Å². The van der Waals surface area contributed by atoms with E-state index in [0.717, 1.165) is 18.0 Å². The largest absolute Gasteiger partial charge is 0.313 e. The van der Waals surface area contributed by atoms with Crippen LogP contribution in [0.15, 0.2) is 0 Å². The minimum atomic E-state index is 0.732. The minimum Gasteiger partial charge on any atom is -0.313 e. The predicted molar refractivity (Wildman–Crippen MR) is 65.1 cm³/mol. The zero-order valence-corrected chi connectivity index (χ0v) is 10.3. The SMILES string of the molecule is CC(CC1CC1)NCCN1CCCC1C. The summed E-state index contributed by atoms with van der Waals surface area (Å²) in [5.41, 5.74) is 0. The Morgan fingerprint density at radius 2 is 2.13 bits per heavy atom. The van der Waals surface area contributed by atoms with E-state index < -0.39 is 0 Å². The van der Waals surface area contributed by atoms with Crippen LogP contribution in [0.4, 0.5) is 0 Å². The molecule has 1 heterocycles. The number of likely N-dealkylation sites (tertiary alicyclic amines) is 1. The van der Waals surface area contributed by atoms with Crippen molar-refractivity contribution in [1.29, 1.82) is 0 Å². The van der Waals surface area contributed by atoms with Crippen molar-refractivity contribution in [2.24, 2.45) is 5.92 Å². The molecule has 2 nitrogen and oxygen atoms in total. The third kappa shape index (κ3) is 3.76. The molecule has 1 N–H and O–H groups in total. The van der Waals surface area contributed by atoms with Crippen molar-refractivity contribution in [3.63, 3.8) is 0 Å².